The topological polar surface area (TPSA) is 107 Å². The number of ether oxygens (including phenoxy) is 6. The van der Waals surface area contributed by atoms with Gasteiger partial charge in [0.05, 0.1) is 6.61 Å². The molecule has 24 heavy (non-hydrogen) atoms. The first-order valence-corrected chi connectivity index (χ1v) is 7.58. The summed E-state index contributed by atoms with van der Waals surface area (Å²) in [6.07, 6.45) is -4.78. The molecule has 0 aliphatic carbocycles. The van der Waals surface area contributed by atoms with Gasteiger partial charge in [-0.25, -0.2) is 0 Å². The number of carbonyl (C=O) groups excluding carboxylic acids is 3. The van der Waals surface area contributed by atoms with Gasteiger partial charge in [0.15, 0.2) is 11.9 Å². The van der Waals surface area contributed by atoms with E-state index in [1.165, 1.54) is 20.8 Å². The highest BCUT2D eigenvalue weighted by Gasteiger charge is 2.55. The lowest BCUT2D eigenvalue weighted by molar-refractivity contribution is -0.378. The minimum Gasteiger partial charge on any atom is -0.455 e. The molecule has 0 aromatic rings. The molecule has 0 aromatic carbocycles. The molecule has 2 heterocycles. The van der Waals surface area contributed by atoms with Crippen LogP contribution in [0, 0.1) is 0 Å². The highest BCUT2D eigenvalue weighted by atomic mass is 16.8. The van der Waals surface area contributed by atoms with Gasteiger partial charge in [0.2, 0.25) is 12.4 Å². The van der Waals surface area contributed by atoms with E-state index >= 15 is 0 Å². The predicted octanol–water partition coefficient (Wildman–Crippen LogP) is 0.289. The number of esters is 3. The van der Waals surface area contributed by atoms with Crippen LogP contribution < -0.4 is 0 Å². The minimum atomic E-state index is -1.23. The third-order valence-corrected chi connectivity index (χ3v) is 3.49. The van der Waals surface area contributed by atoms with Crippen molar-refractivity contribution in [1.29, 1.82) is 0 Å². The molecule has 9 heteroatoms. The lowest BCUT2D eigenvalue weighted by Crippen LogP contribution is -2.66. The van der Waals surface area contributed by atoms with Crippen LogP contribution in [0.15, 0.2) is 0 Å². The van der Waals surface area contributed by atoms with Gasteiger partial charge in [-0.15, -0.1) is 0 Å². The summed E-state index contributed by atoms with van der Waals surface area (Å²) in [4.78, 5) is 34.3. The zero-order chi connectivity index (χ0) is 18.1. The summed E-state index contributed by atoms with van der Waals surface area (Å²) in [5, 5.41) is 0. The quantitative estimate of drug-likeness (QED) is 0.526. The van der Waals surface area contributed by atoms with Gasteiger partial charge in [0.25, 0.3) is 0 Å². The van der Waals surface area contributed by atoms with Crippen LogP contribution in [0.25, 0.3) is 0 Å². The Morgan fingerprint density at radius 3 is 2.00 bits per heavy atom. The number of hydrogen-bond acceptors (Lipinski definition) is 9. The Balaban J connectivity index is 2.33. The van der Waals surface area contributed by atoms with Crippen LogP contribution in [0.5, 0.6) is 0 Å². The largest absolute Gasteiger partial charge is 0.455 e. The van der Waals surface area contributed by atoms with Gasteiger partial charge in [-0.1, -0.05) is 0 Å². The van der Waals surface area contributed by atoms with E-state index in [-0.39, 0.29) is 6.61 Å². The van der Waals surface area contributed by atoms with Gasteiger partial charge in [-0.3, -0.25) is 14.4 Å². The molecule has 0 bridgehead atoms. The van der Waals surface area contributed by atoms with Crippen LogP contribution in [0.3, 0.4) is 0 Å². The number of hydrogen-bond donors (Lipinski definition) is 0. The van der Waals surface area contributed by atoms with Gasteiger partial charge in [-0.2, -0.15) is 0 Å². The Morgan fingerprint density at radius 1 is 0.917 bits per heavy atom. The normalized spacial score (nSPS) is 34.6. The van der Waals surface area contributed by atoms with Crippen molar-refractivity contribution in [3.05, 3.63) is 0 Å². The molecular weight excluding hydrogens is 324 g/mol. The Bertz CT molecular complexity index is 515. The summed E-state index contributed by atoms with van der Waals surface area (Å²) in [6, 6.07) is 0. The summed E-state index contributed by atoms with van der Waals surface area (Å²) in [5.41, 5.74) is 0. The molecule has 0 aromatic heterocycles. The monoisotopic (exact) mass is 346 g/mol. The third-order valence-electron chi connectivity index (χ3n) is 3.49. The van der Waals surface area contributed by atoms with Crippen LogP contribution in [0.2, 0.25) is 0 Å². The molecule has 0 amide bonds. The van der Waals surface area contributed by atoms with Crippen molar-refractivity contribution in [1.82, 2.24) is 0 Å². The van der Waals surface area contributed by atoms with Crippen LogP contribution in [0.1, 0.15) is 34.6 Å². The number of carbonyl (C=O) groups is 3. The maximum Gasteiger partial charge on any atom is 0.305 e. The SMILES string of the molecule is CC(=O)OC1O[C@@H]2COC(C)(C)O[C@H]2[C@H](OC(C)=O)[C@@H]1OC(C)=O. The van der Waals surface area contributed by atoms with Crippen molar-refractivity contribution in [2.24, 2.45) is 0 Å². The molecule has 2 fully saturated rings. The standard InChI is InChI=1S/C15H22O9/c1-7(16)20-12-11-10(6-19-15(4,5)24-11)23-14(22-9(3)18)13(12)21-8(2)17/h10-14H,6H2,1-5H3/t10-,11-,12+,13+,14?/m1/s1. The molecule has 0 N–H and O–H groups in total. The second kappa shape index (κ2) is 7.04. The summed E-state index contributed by atoms with van der Waals surface area (Å²) in [7, 11) is 0. The molecule has 2 saturated heterocycles. The Hall–Kier alpha value is -1.71. The molecule has 0 spiro atoms. The molecule has 0 saturated carbocycles. The van der Waals surface area contributed by atoms with Crippen molar-refractivity contribution in [3.63, 3.8) is 0 Å². The lowest BCUT2D eigenvalue weighted by atomic mass is 9.97. The van der Waals surface area contributed by atoms with Crippen LogP contribution >= 0.6 is 0 Å². The van der Waals surface area contributed by atoms with Gasteiger partial charge < -0.3 is 28.4 Å². The Labute approximate surface area is 139 Å². The summed E-state index contributed by atoms with van der Waals surface area (Å²) >= 11 is 0. The number of fused-ring (bicyclic) bond motifs is 1. The van der Waals surface area contributed by atoms with E-state index in [9.17, 15) is 14.4 Å². The summed E-state index contributed by atoms with van der Waals surface area (Å²) in [5.74, 6) is -2.79. The fourth-order valence-corrected chi connectivity index (χ4v) is 2.70. The zero-order valence-electron chi connectivity index (χ0n) is 14.3. The molecule has 136 valence electrons. The van der Waals surface area contributed by atoms with Crippen molar-refractivity contribution in [2.75, 3.05) is 6.61 Å². The van der Waals surface area contributed by atoms with Crippen molar-refractivity contribution < 1.29 is 42.8 Å². The maximum absolute atomic E-state index is 11.5. The minimum absolute atomic E-state index is 0.139. The highest BCUT2D eigenvalue weighted by Crippen LogP contribution is 2.35. The molecule has 2 rings (SSSR count). The summed E-state index contributed by atoms with van der Waals surface area (Å²) in [6.45, 7) is 7.15. The van der Waals surface area contributed by atoms with Gasteiger partial charge in [-0.05, 0) is 13.8 Å². The average Bonchev–Trinajstić information content (AvgIpc) is 2.41. The van der Waals surface area contributed by atoms with Crippen molar-refractivity contribution >= 4 is 17.9 Å². The van der Waals surface area contributed by atoms with E-state index in [0.717, 1.165) is 0 Å². The summed E-state index contributed by atoms with van der Waals surface area (Å²) < 4.78 is 32.6. The van der Waals surface area contributed by atoms with Crippen molar-refractivity contribution in [2.45, 2.75) is 71.1 Å². The molecular formula is C15H22O9. The second-order valence-electron chi connectivity index (χ2n) is 6.09. The highest BCUT2D eigenvalue weighted by molar-refractivity contribution is 5.68. The first-order valence-electron chi connectivity index (χ1n) is 7.58. The van der Waals surface area contributed by atoms with E-state index in [1.807, 2.05) is 0 Å². The number of rotatable bonds is 3. The van der Waals surface area contributed by atoms with E-state index in [0.29, 0.717) is 0 Å². The molecule has 1 unspecified atom stereocenters. The smallest absolute Gasteiger partial charge is 0.305 e. The van der Waals surface area contributed by atoms with Crippen LogP contribution in [-0.2, 0) is 42.8 Å². The molecule has 2 aliphatic heterocycles. The molecule has 0 radical (unpaired) electrons. The van der Waals surface area contributed by atoms with Crippen molar-refractivity contribution in [3.8, 4) is 0 Å². The molecule has 2 aliphatic rings. The fraction of sp³-hybridized carbons (Fsp3) is 0.800. The predicted molar refractivity (Wildman–Crippen MR) is 76.4 cm³/mol. The van der Waals surface area contributed by atoms with E-state index < -0.39 is 54.4 Å². The second-order valence-corrected chi connectivity index (χ2v) is 6.09. The van der Waals surface area contributed by atoms with Gasteiger partial charge in [0.1, 0.15) is 12.2 Å². The maximum atomic E-state index is 11.5. The van der Waals surface area contributed by atoms with Crippen LogP contribution in [0.4, 0.5) is 0 Å². The van der Waals surface area contributed by atoms with E-state index in [2.05, 4.69) is 0 Å². The lowest BCUT2D eigenvalue weighted by Gasteiger charge is -2.49. The third kappa shape index (κ3) is 4.43. The Morgan fingerprint density at radius 2 is 1.46 bits per heavy atom. The molecule has 5 atom stereocenters. The molecule has 9 nitrogen and oxygen atoms in total. The first kappa shape index (κ1) is 18.6. The average molecular weight is 346 g/mol. The van der Waals surface area contributed by atoms with E-state index in [1.54, 1.807) is 13.8 Å². The van der Waals surface area contributed by atoms with Gasteiger partial charge >= 0.3 is 17.9 Å². The first-order chi connectivity index (χ1) is 11.1. The Kier molecular flexibility index (Phi) is 5.46. The van der Waals surface area contributed by atoms with E-state index in [4.69, 9.17) is 28.4 Å². The van der Waals surface area contributed by atoms with Gasteiger partial charge in [0, 0.05) is 20.8 Å². The zero-order valence-corrected chi connectivity index (χ0v) is 14.3. The fourth-order valence-electron chi connectivity index (χ4n) is 2.70. The van der Waals surface area contributed by atoms with Crippen LogP contribution in [-0.4, -0.2) is 61.0 Å².